The lowest BCUT2D eigenvalue weighted by molar-refractivity contribution is -0.384. The number of nitrogens with zero attached hydrogens (tertiary/aromatic N) is 2. The Balaban J connectivity index is 1.83. The Morgan fingerprint density at radius 3 is 2.18 bits per heavy atom. The van der Waals surface area contributed by atoms with Gasteiger partial charge in [0.25, 0.3) is 5.69 Å². The lowest BCUT2D eigenvalue weighted by atomic mass is 10.1. The molecule has 2 rings (SSSR count). The number of non-ortho nitro benzene ring substituents is 1. The number of nitro benzene ring substituents is 1. The molecule has 1 amide bonds. The summed E-state index contributed by atoms with van der Waals surface area (Å²) in [6.45, 7) is 9.61. The van der Waals surface area contributed by atoms with Crippen LogP contribution in [0.1, 0.15) is 31.9 Å². The van der Waals surface area contributed by atoms with Gasteiger partial charge < -0.3 is 5.32 Å². The van der Waals surface area contributed by atoms with Crippen molar-refractivity contribution in [3.8, 4) is 0 Å². The van der Waals surface area contributed by atoms with Crippen LogP contribution in [0.25, 0.3) is 0 Å². The molecule has 0 aliphatic heterocycles. The smallest absolute Gasteiger partial charge is 0.269 e. The summed E-state index contributed by atoms with van der Waals surface area (Å²) in [5.74, 6) is -0.0597. The first kappa shape index (κ1) is 21.9. The summed E-state index contributed by atoms with van der Waals surface area (Å²) in [6, 6.07) is 14.5. The van der Waals surface area contributed by atoms with Crippen molar-refractivity contribution in [2.75, 3.05) is 13.1 Å². The number of carbonyl (C=O) groups is 1. The minimum absolute atomic E-state index is 0.0471. The van der Waals surface area contributed by atoms with E-state index in [2.05, 4.69) is 36.2 Å². The van der Waals surface area contributed by atoms with Gasteiger partial charge in [-0.05, 0) is 43.3 Å². The van der Waals surface area contributed by atoms with Gasteiger partial charge in [0.15, 0.2) is 0 Å². The molecule has 0 saturated heterocycles. The van der Waals surface area contributed by atoms with Crippen molar-refractivity contribution in [3.05, 3.63) is 69.8 Å². The van der Waals surface area contributed by atoms with Crippen LogP contribution in [0.3, 0.4) is 0 Å². The van der Waals surface area contributed by atoms with Gasteiger partial charge in [0.1, 0.15) is 0 Å². The summed E-state index contributed by atoms with van der Waals surface area (Å²) in [6.07, 6.45) is 0. The molecule has 0 saturated carbocycles. The minimum atomic E-state index is -0.433. The number of benzene rings is 2. The number of hydrogen-bond acceptors (Lipinski definition) is 5. The van der Waals surface area contributed by atoms with E-state index in [-0.39, 0.29) is 16.8 Å². The number of nitro groups is 1. The maximum absolute atomic E-state index is 12.3. The average molecular weight is 402 g/mol. The Labute approximate surface area is 170 Å². The van der Waals surface area contributed by atoms with Crippen molar-refractivity contribution >= 4 is 23.4 Å². The van der Waals surface area contributed by atoms with Crippen LogP contribution >= 0.6 is 11.8 Å². The van der Waals surface area contributed by atoms with Gasteiger partial charge >= 0.3 is 0 Å². The largest absolute Gasteiger partial charge is 0.351 e. The van der Waals surface area contributed by atoms with Gasteiger partial charge in [-0.3, -0.25) is 19.8 Å². The van der Waals surface area contributed by atoms with Crippen LogP contribution in [0.15, 0.2) is 53.4 Å². The Hall–Kier alpha value is -2.38. The van der Waals surface area contributed by atoms with E-state index in [0.717, 1.165) is 30.1 Å². The summed E-state index contributed by atoms with van der Waals surface area (Å²) in [4.78, 5) is 25.8. The molecule has 0 heterocycles. The third kappa shape index (κ3) is 6.65. The Kier molecular flexibility index (Phi) is 8.47. The van der Waals surface area contributed by atoms with Gasteiger partial charge in [-0.25, -0.2) is 0 Å². The average Bonchev–Trinajstić information content (AvgIpc) is 2.71. The molecular weight excluding hydrogens is 374 g/mol. The molecule has 1 atom stereocenters. The van der Waals surface area contributed by atoms with E-state index in [1.54, 1.807) is 12.1 Å². The Morgan fingerprint density at radius 1 is 1.07 bits per heavy atom. The molecule has 1 N–H and O–H groups in total. The molecule has 0 aliphatic carbocycles. The van der Waals surface area contributed by atoms with Gasteiger partial charge in [0, 0.05) is 30.1 Å². The fourth-order valence-electron chi connectivity index (χ4n) is 2.70. The van der Waals surface area contributed by atoms with E-state index in [1.807, 2.05) is 19.1 Å². The van der Waals surface area contributed by atoms with Crippen molar-refractivity contribution in [2.45, 2.75) is 44.0 Å². The van der Waals surface area contributed by atoms with Crippen LogP contribution in [0.2, 0.25) is 0 Å². The predicted octanol–water partition coefficient (Wildman–Crippen LogP) is 4.23. The first-order valence-electron chi connectivity index (χ1n) is 9.42. The van der Waals surface area contributed by atoms with Crippen LogP contribution in [-0.4, -0.2) is 34.1 Å². The van der Waals surface area contributed by atoms with Gasteiger partial charge in [-0.1, -0.05) is 38.1 Å². The molecule has 6 nitrogen and oxygen atoms in total. The topological polar surface area (TPSA) is 75.5 Å². The van der Waals surface area contributed by atoms with Crippen LogP contribution in [0.5, 0.6) is 0 Å². The van der Waals surface area contributed by atoms with E-state index in [1.165, 1.54) is 29.5 Å². The summed E-state index contributed by atoms with van der Waals surface area (Å²) < 4.78 is 0. The van der Waals surface area contributed by atoms with Crippen molar-refractivity contribution in [1.82, 2.24) is 10.2 Å². The predicted molar refractivity (Wildman–Crippen MR) is 113 cm³/mol. The highest BCUT2D eigenvalue weighted by molar-refractivity contribution is 8.00. The number of thioether (sulfide) groups is 1. The molecule has 0 spiro atoms. The third-order valence-corrected chi connectivity index (χ3v) is 5.63. The molecule has 2 aromatic rings. The number of amides is 1. The van der Waals surface area contributed by atoms with Crippen molar-refractivity contribution < 1.29 is 9.72 Å². The molecule has 150 valence electrons. The van der Waals surface area contributed by atoms with Crippen LogP contribution < -0.4 is 5.32 Å². The number of nitrogens with one attached hydrogen (secondary N) is 1. The molecule has 0 unspecified atom stereocenters. The van der Waals surface area contributed by atoms with Gasteiger partial charge in [-0.2, -0.15) is 0 Å². The van der Waals surface area contributed by atoms with E-state index in [0.29, 0.717) is 6.54 Å². The molecule has 0 aliphatic rings. The summed E-state index contributed by atoms with van der Waals surface area (Å²) in [5.41, 5.74) is 2.37. The van der Waals surface area contributed by atoms with Gasteiger partial charge in [0.2, 0.25) is 5.91 Å². The second-order valence-corrected chi connectivity index (χ2v) is 7.92. The monoisotopic (exact) mass is 401 g/mol. The number of hydrogen-bond donors (Lipinski definition) is 1. The zero-order chi connectivity index (χ0) is 20.5. The molecular formula is C21H27N3O3S. The van der Waals surface area contributed by atoms with E-state index < -0.39 is 4.92 Å². The summed E-state index contributed by atoms with van der Waals surface area (Å²) >= 11 is 1.38. The van der Waals surface area contributed by atoms with Gasteiger partial charge in [-0.15, -0.1) is 11.8 Å². The number of rotatable bonds is 10. The van der Waals surface area contributed by atoms with Crippen LogP contribution in [0.4, 0.5) is 5.69 Å². The zero-order valence-corrected chi connectivity index (χ0v) is 17.4. The lowest BCUT2D eigenvalue weighted by Gasteiger charge is -2.18. The Bertz CT molecular complexity index is 774. The SMILES string of the molecule is CCN(CC)Cc1ccc(CNC(=O)[C@H](C)Sc2ccc([N+](=O)[O-])cc2)cc1. The summed E-state index contributed by atoms with van der Waals surface area (Å²) in [7, 11) is 0. The third-order valence-electron chi connectivity index (χ3n) is 4.52. The minimum Gasteiger partial charge on any atom is -0.351 e. The fraction of sp³-hybridized carbons (Fsp3) is 0.381. The quantitative estimate of drug-likeness (QED) is 0.366. The van der Waals surface area contributed by atoms with Crippen molar-refractivity contribution in [3.63, 3.8) is 0 Å². The highest BCUT2D eigenvalue weighted by atomic mass is 32.2. The second-order valence-electron chi connectivity index (χ2n) is 6.51. The highest BCUT2D eigenvalue weighted by Crippen LogP contribution is 2.25. The van der Waals surface area contributed by atoms with Crippen LogP contribution in [-0.2, 0) is 17.9 Å². The molecule has 28 heavy (non-hydrogen) atoms. The second kappa shape index (κ2) is 10.8. The fourth-order valence-corrected chi connectivity index (χ4v) is 3.60. The molecule has 0 radical (unpaired) electrons. The first-order valence-corrected chi connectivity index (χ1v) is 10.3. The standard InChI is InChI=1S/C21H27N3O3S/c1-4-23(5-2)15-18-8-6-17(7-9-18)14-22-21(25)16(3)28-20-12-10-19(11-13-20)24(26)27/h6-13,16H,4-5,14-15H2,1-3H3,(H,22,25)/t16-/m0/s1. The van der Waals surface area contributed by atoms with E-state index in [9.17, 15) is 14.9 Å². The molecule has 0 aromatic heterocycles. The van der Waals surface area contributed by atoms with Crippen LogP contribution in [0, 0.1) is 10.1 Å². The highest BCUT2D eigenvalue weighted by Gasteiger charge is 2.15. The van der Waals surface area contributed by atoms with Gasteiger partial charge in [0.05, 0.1) is 10.2 Å². The maximum atomic E-state index is 12.3. The normalized spacial score (nSPS) is 12.0. The van der Waals surface area contributed by atoms with Crippen molar-refractivity contribution in [2.24, 2.45) is 0 Å². The zero-order valence-electron chi connectivity index (χ0n) is 16.6. The molecule has 0 bridgehead atoms. The van der Waals surface area contributed by atoms with Crippen molar-refractivity contribution in [1.29, 1.82) is 0 Å². The first-order chi connectivity index (χ1) is 13.4. The maximum Gasteiger partial charge on any atom is 0.269 e. The lowest BCUT2D eigenvalue weighted by Crippen LogP contribution is -2.30. The molecule has 0 fully saturated rings. The molecule has 2 aromatic carbocycles. The van der Waals surface area contributed by atoms with E-state index in [4.69, 9.17) is 0 Å². The summed E-state index contributed by atoms with van der Waals surface area (Å²) in [5, 5.41) is 13.4. The van der Waals surface area contributed by atoms with E-state index >= 15 is 0 Å². The molecule has 7 heteroatoms. The number of carbonyl (C=O) groups excluding carboxylic acids is 1. The Morgan fingerprint density at radius 2 is 1.64 bits per heavy atom.